The van der Waals surface area contributed by atoms with Crippen LogP contribution in [0.4, 0.5) is 0 Å². The summed E-state index contributed by atoms with van der Waals surface area (Å²) in [5.74, 6) is 0. The van der Waals surface area contributed by atoms with E-state index in [2.05, 4.69) is 16.8 Å². The summed E-state index contributed by atoms with van der Waals surface area (Å²) < 4.78 is 5.73. The van der Waals surface area contributed by atoms with E-state index in [1.54, 1.807) is 0 Å². The summed E-state index contributed by atoms with van der Waals surface area (Å²) in [4.78, 5) is 6.42. The Bertz CT molecular complexity index is 276. The van der Waals surface area contributed by atoms with Crippen LogP contribution in [-0.2, 0) is 4.74 Å². The predicted octanol–water partition coefficient (Wildman–Crippen LogP) is 1.47. The highest BCUT2D eigenvalue weighted by Gasteiger charge is 2.20. The minimum Gasteiger partial charge on any atom is -0.371 e. The minimum atomic E-state index is 0.228. The lowest BCUT2D eigenvalue weighted by Gasteiger charge is -2.32. The lowest BCUT2D eigenvalue weighted by molar-refractivity contribution is -0.0282. The zero-order chi connectivity index (χ0) is 9.80. The highest BCUT2D eigenvalue weighted by molar-refractivity contribution is 5.14. The van der Waals surface area contributed by atoms with Crippen LogP contribution in [0.5, 0.6) is 0 Å². The van der Waals surface area contributed by atoms with Gasteiger partial charge in [0.15, 0.2) is 0 Å². The third-order valence-corrected chi connectivity index (χ3v) is 2.68. The van der Waals surface area contributed by atoms with Gasteiger partial charge in [0.25, 0.3) is 0 Å². The van der Waals surface area contributed by atoms with E-state index in [4.69, 9.17) is 4.74 Å². The maximum atomic E-state index is 5.73. The maximum Gasteiger partial charge on any atom is 0.0953 e. The second-order valence-corrected chi connectivity index (χ2v) is 3.53. The highest BCUT2D eigenvalue weighted by atomic mass is 16.5. The maximum absolute atomic E-state index is 5.73. The van der Waals surface area contributed by atoms with Gasteiger partial charge in [-0.3, -0.25) is 9.88 Å². The number of likely N-dealkylation sites (N-methyl/N-ethyl adjacent to an activating group) is 1. The van der Waals surface area contributed by atoms with E-state index in [0.717, 1.165) is 26.2 Å². The number of morpholine rings is 1. The first kappa shape index (κ1) is 9.62. The molecule has 1 fully saturated rings. The molecule has 0 N–H and O–H groups in total. The molecule has 0 radical (unpaired) electrons. The molecule has 3 heteroatoms. The summed E-state index contributed by atoms with van der Waals surface area (Å²) in [6.07, 6.45) is 3.87. The average molecular weight is 192 g/mol. The number of aromatic nitrogens is 1. The van der Waals surface area contributed by atoms with Gasteiger partial charge in [0.05, 0.1) is 12.7 Å². The van der Waals surface area contributed by atoms with Crippen molar-refractivity contribution in [3.8, 4) is 0 Å². The number of ether oxygens (including phenoxy) is 1. The van der Waals surface area contributed by atoms with Gasteiger partial charge in [-0.25, -0.2) is 0 Å². The molecule has 76 valence electrons. The Morgan fingerprint density at radius 2 is 2.29 bits per heavy atom. The Morgan fingerprint density at radius 1 is 1.50 bits per heavy atom. The molecule has 1 aromatic rings. The third kappa shape index (κ3) is 2.11. The van der Waals surface area contributed by atoms with Crippen LogP contribution in [0.3, 0.4) is 0 Å². The van der Waals surface area contributed by atoms with Gasteiger partial charge in [-0.2, -0.15) is 0 Å². The SMILES string of the molecule is CCN1CCOC(c2ccncc2)C1. The lowest BCUT2D eigenvalue weighted by Crippen LogP contribution is -2.38. The molecule has 1 aromatic heterocycles. The van der Waals surface area contributed by atoms with Crippen LogP contribution < -0.4 is 0 Å². The number of rotatable bonds is 2. The van der Waals surface area contributed by atoms with E-state index in [1.807, 2.05) is 24.5 Å². The van der Waals surface area contributed by atoms with Crippen LogP contribution in [0, 0.1) is 0 Å². The van der Waals surface area contributed by atoms with Gasteiger partial charge in [0.2, 0.25) is 0 Å². The molecular weight excluding hydrogens is 176 g/mol. The summed E-state index contributed by atoms with van der Waals surface area (Å²) in [6.45, 7) is 6.18. The number of nitrogens with zero attached hydrogens (tertiary/aromatic N) is 2. The number of hydrogen-bond acceptors (Lipinski definition) is 3. The molecular formula is C11H16N2O. The minimum absolute atomic E-state index is 0.228. The van der Waals surface area contributed by atoms with Crippen molar-refractivity contribution in [3.05, 3.63) is 30.1 Å². The highest BCUT2D eigenvalue weighted by Crippen LogP contribution is 2.20. The normalized spacial score (nSPS) is 23.6. The van der Waals surface area contributed by atoms with Crippen molar-refractivity contribution in [1.29, 1.82) is 0 Å². The molecule has 0 saturated carbocycles. The quantitative estimate of drug-likeness (QED) is 0.709. The number of pyridine rings is 1. The van der Waals surface area contributed by atoms with Crippen LogP contribution in [0.25, 0.3) is 0 Å². The zero-order valence-electron chi connectivity index (χ0n) is 8.52. The molecule has 14 heavy (non-hydrogen) atoms. The van der Waals surface area contributed by atoms with E-state index in [1.165, 1.54) is 5.56 Å². The molecule has 2 heterocycles. The molecule has 0 aromatic carbocycles. The van der Waals surface area contributed by atoms with Crippen molar-refractivity contribution in [2.24, 2.45) is 0 Å². The summed E-state index contributed by atoms with van der Waals surface area (Å²) in [7, 11) is 0. The van der Waals surface area contributed by atoms with Crippen molar-refractivity contribution < 1.29 is 4.74 Å². The van der Waals surface area contributed by atoms with Gasteiger partial charge in [-0.05, 0) is 24.2 Å². The fourth-order valence-electron chi connectivity index (χ4n) is 1.77. The van der Waals surface area contributed by atoms with Crippen molar-refractivity contribution in [2.75, 3.05) is 26.2 Å². The monoisotopic (exact) mass is 192 g/mol. The molecule has 2 rings (SSSR count). The largest absolute Gasteiger partial charge is 0.371 e. The molecule has 1 saturated heterocycles. The fourth-order valence-corrected chi connectivity index (χ4v) is 1.77. The third-order valence-electron chi connectivity index (χ3n) is 2.68. The Kier molecular flexibility index (Phi) is 3.11. The summed E-state index contributed by atoms with van der Waals surface area (Å²) in [5, 5.41) is 0. The van der Waals surface area contributed by atoms with E-state index >= 15 is 0 Å². The van der Waals surface area contributed by atoms with Crippen LogP contribution in [0.1, 0.15) is 18.6 Å². The number of hydrogen-bond donors (Lipinski definition) is 0. The second-order valence-electron chi connectivity index (χ2n) is 3.53. The van der Waals surface area contributed by atoms with Crippen LogP contribution in [0.2, 0.25) is 0 Å². The van der Waals surface area contributed by atoms with Crippen molar-refractivity contribution in [1.82, 2.24) is 9.88 Å². The Labute approximate surface area is 84.7 Å². The molecule has 1 unspecified atom stereocenters. The molecule has 0 amide bonds. The lowest BCUT2D eigenvalue weighted by atomic mass is 10.1. The zero-order valence-corrected chi connectivity index (χ0v) is 8.52. The van der Waals surface area contributed by atoms with E-state index in [9.17, 15) is 0 Å². The summed E-state index contributed by atoms with van der Waals surface area (Å²) in [6, 6.07) is 4.06. The van der Waals surface area contributed by atoms with E-state index < -0.39 is 0 Å². The molecule has 0 bridgehead atoms. The first-order valence-corrected chi connectivity index (χ1v) is 5.14. The molecule has 0 spiro atoms. The Morgan fingerprint density at radius 3 is 3.00 bits per heavy atom. The predicted molar refractivity (Wildman–Crippen MR) is 55.0 cm³/mol. The first-order valence-electron chi connectivity index (χ1n) is 5.14. The van der Waals surface area contributed by atoms with Gasteiger partial charge < -0.3 is 4.74 Å². The Hall–Kier alpha value is -0.930. The standard InChI is InChI=1S/C11H16N2O/c1-2-13-7-8-14-11(9-13)10-3-5-12-6-4-10/h3-6,11H,2,7-9H2,1H3. The van der Waals surface area contributed by atoms with Gasteiger partial charge >= 0.3 is 0 Å². The molecule has 1 aliphatic rings. The van der Waals surface area contributed by atoms with Gasteiger partial charge in [0.1, 0.15) is 0 Å². The molecule has 1 aliphatic heterocycles. The van der Waals surface area contributed by atoms with Gasteiger partial charge in [-0.1, -0.05) is 6.92 Å². The smallest absolute Gasteiger partial charge is 0.0953 e. The van der Waals surface area contributed by atoms with Crippen molar-refractivity contribution in [2.45, 2.75) is 13.0 Å². The first-order chi connectivity index (χ1) is 6.90. The van der Waals surface area contributed by atoms with Gasteiger partial charge in [0, 0.05) is 25.5 Å². The Balaban J connectivity index is 2.04. The molecule has 1 atom stereocenters. The van der Waals surface area contributed by atoms with Crippen molar-refractivity contribution >= 4 is 0 Å². The summed E-state index contributed by atoms with van der Waals surface area (Å²) in [5.41, 5.74) is 1.23. The van der Waals surface area contributed by atoms with E-state index in [-0.39, 0.29) is 6.10 Å². The average Bonchev–Trinajstić information content (AvgIpc) is 2.30. The van der Waals surface area contributed by atoms with Crippen LogP contribution in [0.15, 0.2) is 24.5 Å². The fraction of sp³-hybridized carbons (Fsp3) is 0.545. The van der Waals surface area contributed by atoms with Crippen LogP contribution in [-0.4, -0.2) is 36.1 Å². The van der Waals surface area contributed by atoms with E-state index in [0.29, 0.717) is 0 Å². The summed E-state index contributed by atoms with van der Waals surface area (Å²) >= 11 is 0. The van der Waals surface area contributed by atoms with Gasteiger partial charge in [-0.15, -0.1) is 0 Å². The van der Waals surface area contributed by atoms with Crippen LogP contribution >= 0.6 is 0 Å². The molecule has 0 aliphatic carbocycles. The molecule has 3 nitrogen and oxygen atoms in total. The second kappa shape index (κ2) is 4.53. The van der Waals surface area contributed by atoms with Crippen molar-refractivity contribution in [3.63, 3.8) is 0 Å². The topological polar surface area (TPSA) is 25.4 Å².